The van der Waals surface area contributed by atoms with E-state index < -0.39 is 0 Å². The Morgan fingerprint density at radius 1 is 1.18 bits per heavy atom. The quantitative estimate of drug-likeness (QED) is 0.553. The van der Waals surface area contributed by atoms with Crippen LogP contribution in [0.5, 0.6) is 0 Å². The SMILES string of the molecule is O=C(NCCc1ccncc1)c1ccc2onc(-c3coc(C4CC4)n3)c2c1. The molecule has 0 aliphatic heterocycles. The van der Waals surface area contributed by atoms with E-state index >= 15 is 0 Å². The van der Waals surface area contributed by atoms with Gasteiger partial charge < -0.3 is 14.3 Å². The van der Waals surface area contributed by atoms with Crippen molar-refractivity contribution in [3.63, 3.8) is 0 Å². The molecule has 3 heterocycles. The summed E-state index contributed by atoms with van der Waals surface area (Å²) in [5.74, 6) is 1.03. The predicted molar refractivity (Wildman–Crippen MR) is 102 cm³/mol. The van der Waals surface area contributed by atoms with Crippen LogP contribution in [0, 0.1) is 0 Å². The predicted octanol–water partition coefficient (Wildman–Crippen LogP) is 3.73. The van der Waals surface area contributed by atoms with Crippen LogP contribution in [0.2, 0.25) is 0 Å². The summed E-state index contributed by atoms with van der Waals surface area (Å²) in [5, 5.41) is 7.82. The molecule has 0 atom stereocenters. The van der Waals surface area contributed by atoms with Gasteiger partial charge in [-0.15, -0.1) is 0 Å². The molecule has 1 aromatic carbocycles. The molecule has 1 N–H and O–H groups in total. The van der Waals surface area contributed by atoms with Gasteiger partial charge in [-0.1, -0.05) is 5.16 Å². The van der Waals surface area contributed by atoms with Crippen molar-refractivity contribution in [2.45, 2.75) is 25.2 Å². The molecule has 1 saturated carbocycles. The zero-order valence-corrected chi connectivity index (χ0v) is 15.1. The Kier molecular flexibility index (Phi) is 4.12. The number of fused-ring (bicyclic) bond motifs is 1. The average Bonchev–Trinajstić information content (AvgIpc) is 3.31. The first-order valence-corrected chi connectivity index (χ1v) is 9.30. The van der Waals surface area contributed by atoms with Gasteiger partial charge in [0.2, 0.25) is 0 Å². The van der Waals surface area contributed by atoms with E-state index in [4.69, 9.17) is 8.94 Å². The Balaban J connectivity index is 1.34. The van der Waals surface area contributed by atoms with Gasteiger partial charge in [0.1, 0.15) is 17.7 Å². The fourth-order valence-corrected chi connectivity index (χ4v) is 3.15. The smallest absolute Gasteiger partial charge is 0.251 e. The fourth-order valence-electron chi connectivity index (χ4n) is 3.15. The van der Waals surface area contributed by atoms with Crippen LogP contribution in [-0.2, 0) is 6.42 Å². The molecule has 4 aromatic rings. The van der Waals surface area contributed by atoms with Gasteiger partial charge >= 0.3 is 0 Å². The lowest BCUT2D eigenvalue weighted by molar-refractivity contribution is 0.0954. The maximum absolute atomic E-state index is 12.5. The second-order valence-electron chi connectivity index (χ2n) is 6.95. The van der Waals surface area contributed by atoms with Crippen LogP contribution in [0.15, 0.2) is 57.9 Å². The number of hydrogen-bond acceptors (Lipinski definition) is 6. The summed E-state index contributed by atoms with van der Waals surface area (Å²) in [7, 11) is 0. The Labute approximate surface area is 160 Å². The van der Waals surface area contributed by atoms with E-state index in [0.717, 1.165) is 36.1 Å². The van der Waals surface area contributed by atoms with E-state index in [1.165, 1.54) is 0 Å². The minimum Gasteiger partial charge on any atom is -0.448 e. The van der Waals surface area contributed by atoms with Crippen LogP contribution in [0.4, 0.5) is 0 Å². The lowest BCUT2D eigenvalue weighted by Gasteiger charge is -2.05. The van der Waals surface area contributed by atoms with E-state index in [0.29, 0.717) is 35.0 Å². The number of nitrogens with zero attached hydrogens (tertiary/aromatic N) is 3. The van der Waals surface area contributed by atoms with Gasteiger partial charge in [-0.3, -0.25) is 9.78 Å². The number of carbonyl (C=O) groups excluding carboxylic acids is 1. The van der Waals surface area contributed by atoms with Crippen molar-refractivity contribution in [2.75, 3.05) is 6.54 Å². The third-order valence-corrected chi connectivity index (χ3v) is 4.87. The third kappa shape index (κ3) is 3.26. The van der Waals surface area contributed by atoms with Crippen molar-refractivity contribution < 1.29 is 13.7 Å². The summed E-state index contributed by atoms with van der Waals surface area (Å²) in [6.45, 7) is 0.547. The second-order valence-corrected chi connectivity index (χ2v) is 6.95. The van der Waals surface area contributed by atoms with Crippen LogP contribution in [-0.4, -0.2) is 27.6 Å². The Morgan fingerprint density at radius 3 is 2.86 bits per heavy atom. The molecule has 1 aliphatic rings. The number of amides is 1. The lowest BCUT2D eigenvalue weighted by atomic mass is 10.1. The summed E-state index contributed by atoms with van der Waals surface area (Å²) < 4.78 is 11.0. The molecule has 3 aromatic heterocycles. The van der Waals surface area contributed by atoms with E-state index in [1.807, 2.05) is 12.1 Å². The number of aromatic nitrogens is 3. The summed E-state index contributed by atoms with van der Waals surface area (Å²) in [6, 6.07) is 9.16. The van der Waals surface area contributed by atoms with Crippen molar-refractivity contribution >= 4 is 16.9 Å². The molecule has 0 spiro atoms. The summed E-state index contributed by atoms with van der Waals surface area (Å²) in [4.78, 5) is 21.1. The minimum absolute atomic E-state index is 0.137. The summed E-state index contributed by atoms with van der Waals surface area (Å²) in [5.41, 5.74) is 3.52. The monoisotopic (exact) mass is 374 g/mol. The topological polar surface area (TPSA) is 94.1 Å². The molecule has 1 fully saturated rings. The molecule has 0 unspecified atom stereocenters. The van der Waals surface area contributed by atoms with Crippen LogP contribution in [0.1, 0.15) is 40.6 Å². The first-order valence-electron chi connectivity index (χ1n) is 9.30. The highest BCUT2D eigenvalue weighted by atomic mass is 16.5. The van der Waals surface area contributed by atoms with E-state index in [9.17, 15) is 4.79 Å². The molecule has 140 valence electrons. The van der Waals surface area contributed by atoms with Crippen molar-refractivity contribution in [3.8, 4) is 11.4 Å². The van der Waals surface area contributed by atoms with Crippen molar-refractivity contribution in [2.24, 2.45) is 0 Å². The molecule has 0 bridgehead atoms. The minimum atomic E-state index is -0.137. The highest BCUT2D eigenvalue weighted by Crippen LogP contribution is 2.40. The largest absolute Gasteiger partial charge is 0.448 e. The molecule has 28 heavy (non-hydrogen) atoms. The zero-order chi connectivity index (χ0) is 18.9. The Morgan fingerprint density at radius 2 is 2.04 bits per heavy atom. The van der Waals surface area contributed by atoms with Crippen molar-refractivity contribution in [1.29, 1.82) is 0 Å². The zero-order valence-electron chi connectivity index (χ0n) is 15.1. The fraction of sp³-hybridized carbons (Fsp3) is 0.238. The molecule has 1 aliphatic carbocycles. The Bertz CT molecular complexity index is 1130. The van der Waals surface area contributed by atoms with Gasteiger partial charge in [-0.25, -0.2) is 4.98 Å². The number of pyridine rings is 1. The highest BCUT2D eigenvalue weighted by Gasteiger charge is 2.29. The first-order chi connectivity index (χ1) is 13.8. The highest BCUT2D eigenvalue weighted by molar-refractivity contribution is 6.00. The average molecular weight is 374 g/mol. The normalized spacial score (nSPS) is 13.7. The summed E-state index contributed by atoms with van der Waals surface area (Å²) >= 11 is 0. The van der Waals surface area contributed by atoms with E-state index in [-0.39, 0.29) is 5.91 Å². The Hall–Kier alpha value is -3.48. The number of nitrogens with one attached hydrogen (secondary N) is 1. The maximum atomic E-state index is 12.5. The molecule has 0 radical (unpaired) electrons. The standard InChI is InChI=1S/C21H18N4O3/c26-20(23-10-7-13-5-8-22-9-6-13)15-3-4-18-16(11-15)19(25-28-18)17-12-27-21(24-17)14-1-2-14/h3-6,8-9,11-12,14H,1-2,7,10H2,(H,23,26). The second kappa shape index (κ2) is 6.92. The van der Waals surface area contributed by atoms with Gasteiger partial charge in [0, 0.05) is 30.4 Å². The van der Waals surface area contributed by atoms with Gasteiger partial charge in [0.05, 0.1) is 5.39 Å². The number of rotatable bonds is 6. The lowest BCUT2D eigenvalue weighted by Crippen LogP contribution is -2.25. The molecule has 5 rings (SSSR count). The molecule has 7 nitrogen and oxygen atoms in total. The van der Waals surface area contributed by atoms with Gasteiger partial charge in [0.15, 0.2) is 11.5 Å². The first kappa shape index (κ1) is 16.7. The van der Waals surface area contributed by atoms with Gasteiger partial charge in [-0.05, 0) is 55.2 Å². The van der Waals surface area contributed by atoms with E-state index in [1.54, 1.807) is 36.9 Å². The number of oxazole rings is 1. The number of benzene rings is 1. The molecular formula is C21H18N4O3. The number of hydrogen-bond donors (Lipinski definition) is 1. The number of carbonyl (C=O) groups is 1. The van der Waals surface area contributed by atoms with Crippen molar-refractivity contribution in [1.82, 2.24) is 20.4 Å². The molecule has 0 saturated heterocycles. The van der Waals surface area contributed by atoms with Crippen LogP contribution < -0.4 is 5.32 Å². The van der Waals surface area contributed by atoms with Gasteiger partial charge in [-0.2, -0.15) is 0 Å². The molecule has 1 amide bonds. The van der Waals surface area contributed by atoms with Crippen molar-refractivity contribution in [3.05, 3.63) is 66.0 Å². The van der Waals surface area contributed by atoms with Gasteiger partial charge in [0.25, 0.3) is 5.91 Å². The van der Waals surface area contributed by atoms with Crippen LogP contribution in [0.25, 0.3) is 22.4 Å². The molecular weight excluding hydrogens is 356 g/mol. The third-order valence-electron chi connectivity index (χ3n) is 4.87. The maximum Gasteiger partial charge on any atom is 0.251 e. The molecule has 7 heteroatoms. The van der Waals surface area contributed by atoms with Crippen LogP contribution >= 0.6 is 0 Å². The van der Waals surface area contributed by atoms with E-state index in [2.05, 4.69) is 20.4 Å². The summed E-state index contributed by atoms with van der Waals surface area (Å²) in [6.07, 6.45) is 8.07. The van der Waals surface area contributed by atoms with Crippen LogP contribution in [0.3, 0.4) is 0 Å².